The van der Waals surface area contributed by atoms with Crippen LogP contribution in [0, 0.1) is 0 Å². The first-order chi connectivity index (χ1) is 14.2. The van der Waals surface area contributed by atoms with Gasteiger partial charge in [-0.15, -0.1) is 0 Å². The first kappa shape index (κ1) is 20.2. The number of nitrogens with zero attached hydrogens (tertiary/aromatic N) is 4. The van der Waals surface area contributed by atoms with Crippen molar-refractivity contribution in [2.75, 3.05) is 26.2 Å². The summed E-state index contributed by atoms with van der Waals surface area (Å²) in [7, 11) is 0. The minimum atomic E-state index is 0.487. The van der Waals surface area contributed by atoms with Gasteiger partial charge in [0.1, 0.15) is 0 Å². The summed E-state index contributed by atoms with van der Waals surface area (Å²) in [6.07, 6.45) is 5.72. The Morgan fingerprint density at radius 1 is 1.28 bits per heavy atom. The number of likely N-dealkylation sites (tertiary alicyclic amines) is 1. The normalized spacial score (nSPS) is 18.8. The summed E-state index contributed by atoms with van der Waals surface area (Å²) in [5.41, 5.74) is 0.851. The van der Waals surface area contributed by atoms with Gasteiger partial charge in [-0.2, -0.15) is 4.98 Å². The molecule has 1 saturated carbocycles. The quantitative estimate of drug-likeness (QED) is 0.533. The Morgan fingerprint density at radius 3 is 2.83 bits per heavy atom. The fourth-order valence-electron chi connectivity index (χ4n) is 3.73. The predicted molar refractivity (Wildman–Crippen MR) is 115 cm³/mol. The van der Waals surface area contributed by atoms with Gasteiger partial charge in [0.05, 0.1) is 6.54 Å². The van der Waals surface area contributed by atoms with E-state index in [0.29, 0.717) is 35.7 Å². The van der Waals surface area contributed by atoms with Gasteiger partial charge in [-0.25, -0.2) is 0 Å². The van der Waals surface area contributed by atoms with Crippen LogP contribution < -0.4 is 10.6 Å². The van der Waals surface area contributed by atoms with Crippen molar-refractivity contribution in [3.63, 3.8) is 0 Å². The first-order valence-electron chi connectivity index (χ1n) is 10.6. The van der Waals surface area contributed by atoms with Crippen molar-refractivity contribution in [1.29, 1.82) is 0 Å². The molecule has 1 aromatic heterocycles. The SMILES string of the molecule is CCNC(=NCCc1nc(-c2cccc(Cl)c2)no1)NC1CCN(C2CC2)CC1. The molecule has 1 aromatic carbocycles. The van der Waals surface area contributed by atoms with E-state index in [-0.39, 0.29) is 0 Å². The Labute approximate surface area is 176 Å². The zero-order valence-electron chi connectivity index (χ0n) is 16.9. The molecule has 0 amide bonds. The van der Waals surface area contributed by atoms with E-state index in [1.807, 2.05) is 24.3 Å². The largest absolute Gasteiger partial charge is 0.357 e. The van der Waals surface area contributed by atoms with Gasteiger partial charge in [0, 0.05) is 48.7 Å². The van der Waals surface area contributed by atoms with E-state index in [0.717, 1.165) is 24.1 Å². The molecule has 2 fully saturated rings. The molecule has 0 radical (unpaired) electrons. The number of nitrogens with one attached hydrogen (secondary N) is 2. The second-order valence-corrected chi connectivity index (χ2v) is 8.15. The molecular weight excluding hydrogens is 388 g/mol. The van der Waals surface area contributed by atoms with Gasteiger partial charge >= 0.3 is 0 Å². The Morgan fingerprint density at radius 2 is 2.10 bits per heavy atom. The van der Waals surface area contributed by atoms with Gasteiger partial charge in [0.2, 0.25) is 11.7 Å². The smallest absolute Gasteiger partial charge is 0.228 e. The Balaban J connectivity index is 1.28. The maximum absolute atomic E-state index is 6.04. The number of benzene rings is 1. The maximum atomic E-state index is 6.04. The van der Waals surface area contributed by atoms with Crippen molar-refractivity contribution >= 4 is 17.6 Å². The third kappa shape index (κ3) is 5.70. The average molecular weight is 417 g/mol. The average Bonchev–Trinajstić information content (AvgIpc) is 3.47. The molecule has 8 heteroatoms. The number of aromatic nitrogens is 2. The molecule has 7 nitrogen and oxygen atoms in total. The molecule has 0 bridgehead atoms. The van der Waals surface area contributed by atoms with Gasteiger partial charge < -0.3 is 20.1 Å². The molecule has 2 N–H and O–H groups in total. The van der Waals surface area contributed by atoms with Crippen LogP contribution in [-0.2, 0) is 6.42 Å². The molecule has 0 spiro atoms. The standard InChI is InChI=1S/C21H29ClN6O/c1-2-23-21(25-17-9-12-28(13-10-17)18-6-7-18)24-11-8-19-26-20(27-29-19)15-4-3-5-16(22)14-15/h3-5,14,17-18H,2,6-13H2,1H3,(H2,23,24,25). The number of hydrogen-bond acceptors (Lipinski definition) is 5. The van der Waals surface area contributed by atoms with Crippen LogP contribution in [0.5, 0.6) is 0 Å². The second kappa shape index (κ2) is 9.59. The molecule has 0 unspecified atom stereocenters. The Hall–Kier alpha value is -2.12. The predicted octanol–water partition coefficient (Wildman–Crippen LogP) is 3.11. The van der Waals surface area contributed by atoms with Crippen molar-refractivity contribution in [3.05, 3.63) is 35.2 Å². The highest BCUT2D eigenvalue weighted by Crippen LogP contribution is 2.29. The van der Waals surface area contributed by atoms with Gasteiger partial charge in [-0.1, -0.05) is 28.9 Å². The zero-order valence-corrected chi connectivity index (χ0v) is 17.7. The summed E-state index contributed by atoms with van der Waals surface area (Å²) >= 11 is 6.04. The van der Waals surface area contributed by atoms with Crippen molar-refractivity contribution in [1.82, 2.24) is 25.7 Å². The molecule has 1 saturated heterocycles. The lowest BCUT2D eigenvalue weighted by Gasteiger charge is -2.33. The molecule has 0 atom stereocenters. The summed E-state index contributed by atoms with van der Waals surface area (Å²) in [5.74, 6) is 2.00. The van der Waals surface area contributed by atoms with E-state index in [9.17, 15) is 0 Å². The number of guanidine groups is 1. The monoisotopic (exact) mass is 416 g/mol. The van der Waals surface area contributed by atoms with Crippen LogP contribution in [0.15, 0.2) is 33.8 Å². The highest BCUT2D eigenvalue weighted by Gasteiger charge is 2.31. The lowest BCUT2D eigenvalue weighted by atomic mass is 10.1. The summed E-state index contributed by atoms with van der Waals surface area (Å²) in [4.78, 5) is 11.8. The van der Waals surface area contributed by atoms with Gasteiger partial charge in [-0.3, -0.25) is 4.99 Å². The van der Waals surface area contributed by atoms with Crippen molar-refractivity contribution < 1.29 is 4.52 Å². The number of hydrogen-bond donors (Lipinski definition) is 2. The topological polar surface area (TPSA) is 78.6 Å². The van der Waals surface area contributed by atoms with Crippen molar-refractivity contribution in [2.45, 2.75) is 51.1 Å². The molecule has 2 heterocycles. The molecule has 2 aromatic rings. The summed E-state index contributed by atoms with van der Waals surface area (Å²) in [5, 5.41) is 11.6. The first-order valence-corrected chi connectivity index (χ1v) is 11.0. The van der Waals surface area contributed by atoms with E-state index in [2.05, 4.69) is 32.6 Å². The molecule has 2 aliphatic rings. The number of piperidine rings is 1. The third-order valence-corrected chi connectivity index (χ3v) is 5.66. The van der Waals surface area contributed by atoms with E-state index in [1.54, 1.807) is 0 Å². The summed E-state index contributed by atoms with van der Waals surface area (Å²) in [6.45, 7) is 5.90. The number of halogens is 1. The Bertz CT molecular complexity index is 826. The van der Waals surface area contributed by atoms with Gasteiger partial charge in [0.25, 0.3) is 0 Å². The number of rotatable bonds is 7. The summed E-state index contributed by atoms with van der Waals surface area (Å²) < 4.78 is 5.37. The van der Waals surface area contributed by atoms with E-state index < -0.39 is 0 Å². The van der Waals surface area contributed by atoms with Crippen LogP contribution in [0.1, 0.15) is 38.5 Å². The van der Waals surface area contributed by atoms with Crippen LogP contribution in [0.4, 0.5) is 0 Å². The van der Waals surface area contributed by atoms with Crippen LogP contribution >= 0.6 is 11.6 Å². The van der Waals surface area contributed by atoms with E-state index in [4.69, 9.17) is 21.1 Å². The zero-order chi connectivity index (χ0) is 20.1. The molecule has 29 heavy (non-hydrogen) atoms. The second-order valence-electron chi connectivity index (χ2n) is 7.72. The van der Waals surface area contributed by atoms with Gasteiger partial charge in [-0.05, 0) is 44.7 Å². The molecule has 4 rings (SSSR count). The molecular formula is C21H29ClN6O. The fraction of sp³-hybridized carbons (Fsp3) is 0.571. The van der Waals surface area contributed by atoms with Crippen LogP contribution in [0.25, 0.3) is 11.4 Å². The number of aliphatic imine (C=N–C) groups is 1. The highest BCUT2D eigenvalue weighted by atomic mass is 35.5. The molecule has 1 aliphatic carbocycles. The lowest BCUT2D eigenvalue weighted by Crippen LogP contribution is -2.49. The maximum Gasteiger partial charge on any atom is 0.228 e. The lowest BCUT2D eigenvalue weighted by molar-refractivity contribution is 0.197. The summed E-state index contributed by atoms with van der Waals surface area (Å²) in [6, 6.07) is 8.80. The van der Waals surface area contributed by atoms with Crippen molar-refractivity contribution in [3.8, 4) is 11.4 Å². The van der Waals surface area contributed by atoms with Crippen LogP contribution in [0.2, 0.25) is 5.02 Å². The highest BCUT2D eigenvalue weighted by molar-refractivity contribution is 6.30. The Kier molecular flexibility index (Phi) is 6.67. The van der Waals surface area contributed by atoms with Gasteiger partial charge in [0.15, 0.2) is 5.96 Å². The fourth-order valence-corrected chi connectivity index (χ4v) is 3.92. The van der Waals surface area contributed by atoms with E-state index >= 15 is 0 Å². The van der Waals surface area contributed by atoms with Crippen molar-refractivity contribution in [2.24, 2.45) is 4.99 Å². The molecule has 156 valence electrons. The van der Waals surface area contributed by atoms with E-state index in [1.165, 1.54) is 38.8 Å². The minimum Gasteiger partial charge on any atom is -0.357 e. The van der Waals surface area contributed by atoms with Crippen LogP contribution in [-0.4, -0.2) is 59.3 Å². The molecule has 1 aliphatic heterocycles. The van der Waals surface area contributed by atoms with Crippen LogP contribution in [0.3, 0.4) is 0 Å². The third-order valence-electron chi connectivity index (χ3n) is 5.42. The minimum absolute atomic E-state index is 0.487.